The van der Waals surface area contributed by atoms with E-state index in [-0.39, 0.29) is 11.8 Å². The molecule has 0 aliphatic rings. The van der Waals surface area contributed by atoms with Crippen molar-refractivity contribution in [2.24, 2.45) is 0 Å². The van der Waals surface area contributed by atoms with E-state index < -0.39 is 0 Å². The minimum Gasteiger partial charge on any atom is -0.496 e. The van der Waals surface area contributed by atoms with Crippen LogP contribution in [0.4, 0.5) is 0 Å². The van der Waals surface area contributed by atoms with Crippen molar-refractivity contribution in [1.29, 1.82) is 0 Å². The van der Waals surface area contributed by atoms with Crippen LogP contribution in [0, 0.1) is 6.92 Å². The van der Waals surface area contributed by atoms with E-state index in [1.807, 2.05) is 6.92 Å². The number of aliphatic hydroxyl groups excluding tert-OH is 1. The highest BCUT2D eigenvalue weighted by atomic mass is 79.9. The van der Waals surface area contributed by atoms with Crippen LogP contribution in [0.1, 0.15) is 29.3 Å². The summed E-state index contributed by atoms with van der Waals surface area (Å²) in [5.74, 6) is 0.114. The molecule has 0 bridgehead atoms. The summed E-state index contributed by atoms with van der Waals surface area (Å²) in [6.45, 7) is 3.66. The van der Waals surface area contributed by atoms with Crippen molar-refractivity contribution in [2.45, 2.75) is 20.3 Å². The van der Waals surface area contributed by atoms with Gasteiger partial charge in [-0.15, -0.1) is 0 Å². The summed E-state index contributed by atoms with van der Waals surface area (Å²) in [6, 6.07) is 3.47. The van der Waals surface area contributed by atoms with Crippen molar-refractivity contribution in [2.75, 3.05) is 7.11 Å². The van der Waals surface area contributed by atoms with E-state index in [0.29, 0.717) is 17.7 Å². The first-order valence-electron chi connectivity index (χ1n) is 5.54. The van der Waals surface area contributed by atoms with E-state index in [0.717, 1.165) is 10.0 Å². The van der Waals surface area contributed by atoms with E-state index >= 15 is 0 Å². The average molecular weight is 314 g/mol. The van der Waals surface area contributed by atoms with Gasteiger partial charge in [-0.05, 0) is 31.6 Å². The Morgan fingerprint density at radius 2 is 2.22 bits per heavy atom. The van der Waals surface area contributed by atoms with Gasteiger partial charge in [-0.3, -0.25) is 10.1 Å². The lowest BCUT2D eigenvalue weighted by Crippen LogP contribution is -2.23. The molecule has 0 saturated heterocycles. The Morgan fingerprint density at radius 3 is 2.78 bits per heavy atom. The zero-order valence-corrected chi connectivity index (χ0v) is 12.2. The van der Waals surface area contributed by atoms with Crippen LogP contribution in [0.3, 0.4) is 0 Å². The Bertz CT molecular complexity index is 483. The van der Waals surface area contributed by atoms with Crippen LogP contribution in [-0.4, -0.2) is 18.1 Å². The first kappa shape index (κ1) is 14.6. The monoisotopic (exact) mass is 313 g/mol. The van der Waals surface area contributed by atoms with Gasteiger partial charge in [0.25, 0.3) is 5.91 Å². The zero-order chi connectivity index (χ0) is 13.7. The minimum atomic E-state index is -0.366. The largest absolute Gasteiger partial charge is 0.496 e. The van der Waals surface area contributed by atoms with E-state index in [9.17, 15) is 9.90 Å². The molecule has 1 rings (SSSR count). The van der Waals surface area contributed by atoms with Gasteiger partial charge in [0.05, 0.1) is 7.11 Å². The number of benzene rings is 1. The lowest BCUT2D eigenvalue weighted by Gasteiger charge is -2.11. The molecule has 1 aromatic carbocycles. The molecule has 98 valence electrons. The number of nitrogens with one attached hydrogen (secondary N) is 1. The molecule has 1 aromatic rings. The van der Waals surface area contributed by atoms with Gasteiger partial charge in [0.2, 0.25) is 0 Å². The summed E-state index contributed by atoms with van der Waals surface area (Å²) >= 11 is 3.32. The topological polar surface area (TPSA) is 58.6 Å². The molecule has 0 aliphatic carbocycles. The number of halogens is 1. The van der Waals surface area contributed by atoms with E-state index in [4.69, 9.17) is 4.74 Å². The number of rotatable bonds is 4. The molecule has 1 amide bonds. The van der Waals surface area contributed by atoms with E-state index in [2.05, 4.69) is 21.2 Å². The van der Waals surface area contributed by atoms with Crippen LogP contribution >= 0.6 is 15.9 Å². The molecule has 0 aliphatic heterocycles. The number of methoxy groups -OCH3 is 1. The highest BCUT2D eigenvalue weighted by Gasteiger charge is 2.14. The van der Waals surface area contributed by atoms with Gasteiger partial charge in [0.15, 0.2) is 5.88 Å². The van der Waals surface area contributed by atoms with Crippen LogP contribution in [0.5, 0.6) is 5.75 Å². The molecule has 0 spiro atoms. The van der Waals surface area contributed by atoms with Gasteiger partial charge < -0.3 is 9.84 Å². The fourth-order valence-electron chi connectivity index (χ4n) is 1.53. The third-order valence-electron chi connectivity index (χ3n) is 2.43. The second-order valence-corrected chi connectivity index (χ2v) is 4.65. The number of hydrogen-bond donors (Lipinski definition) is 2. The van der Waals surface area contributed by atoms with Crippen molar-refractivity contribution in [3.63, 3.8) is 0 Å². The van der Waals surface area contributed by atoms with Crippen LogP contribution < -0.4 is 10.1 Å². The van der Waals surface area contributed by atoms with Crippen molar-refractivity contribution < 1.29 is 14.6 Å². The van der Waals surface area contributed by atoms with Crippen molar-refractivity contribution in [3.8, 4) is 5.75 Å². The van der Waals surface area contributed by atoms with Gasteiger partial charge in [-0.25, -0.2) is 0 Å². The van der Waals surface area contributed by atoms with Crippen molar-refractivity contribution >= 4 is 21.8 Å². The quantitative estimate of drug-likeness (QED) is 0.838. The maximum absolute atomic E-state index is 12.0. The number of amides is 1. The Morgan fingerprint density at radius 1 is 1.56 bits per heavy atom. The highest BCUT2D eigenvalue weighted by Crippen LogP contribution is 2.26. The molecule has 0 aromatic heterocycles. The predicted octanol–water partition coefficient (Wildman–Crippen LogP) is 3.31. The molecule has 18 heavy (non-hydrogen) atoms. The molecule has 0 heterocycles. The first-order valence-corrected chi connectivity index (χ1v) is 6.33. The van der Waals surface area contributed by atoms with Gasteiger partial charge in [-0.1, -0.05) is 22.9 Å². The number of hydrogen-bond acceptors (Lipinski definition) is 3. The summed E-state index contributed by atoms with van der Waals surface area (Å²) in [4.78, 5) is 12.0. The molecule has 2 N–H and O–H groups in total. The zero-order valence-electron chi connectivity index (χ0n) is 10.6. The third-order valence-corrected chi connectivity index (χ3v) is 2.89. The number of carbonyl (C=O) groups is 1. The van der Waals surface area contributed by atoms with Crippen molar-refractivity contribution in [3.05, 3.63) is 39.7 Å². The highest BCUT2D eigenvalue weighted by molar-refractivity contribution is 9.10. The molecular weight excluding hydrogens is 298 g/mol. The Hall–Kier alpha value is -1.49. The normalized spacial score (nSPS) is 11.2. The lowest BCUT2D eigenvalue weighted by molar-refractivity contribution is 0.0945. The fraction of sp³-hybridized carbons (Fsp3) is 0.308. The molecular formula is C13H16BrNO3. The van der Waals surface area contributed by atoms with Gasteiger partial charge in [0.1, 0.15) is 5.75 Å². The van der Waals surface area contributed by atoms with Gasteiger partial charge in [0, 0.05) is 15.6 Å². The first-order chi connectivity index (χ1) is 8.49. The summed E-state index contributed by atoms with van der Waals surface area (Å²) in [5.41, 5.74) is 1.18. The standard InChI is InChI=1S/C13H16BrNO3/c1-4-5-12(16)15-13(17)10-6-9(14)7-11(18-3)8(10)2/h5-7,16H,4H2,1-3H3,(H,15,17)/b12-5-. The third kappa shape index (κ3) is 3.50. The second kappa shape index (κ2) is 6.44. The van der Waals surface area contributed by atoms with Gasteiger partial charge >= 0.3 is 0 Å². The Labute approximate surface area is 115 Å². The van der Waals surface area contributed by atoms with E-state index in [1.54, 1.807) is 26.2 Å². The fourth-order valence-corrected chi connectivity index (χ4v) is 1.97. The SMILES string of the molecule is CC/C=C(\O)NC(=O)c1cc(Br)cc(OC)c1C. The molecule has 0 radical (unpaired) electrons. The number of allylic oxidation sites excluding steroid dienone is 1. The Kier molecular flexibility index (Phi) is 5.22. The second-order valence-electron chi connectivity index (χ2n) is 3.73. The van der Waals surface area contributed by atoms with Crippen LogP contribution in [0.25, 0.3) is 0 Å². The summed E-state index contributed by atoms with van der Waals surface area (Å²) in [6.07, 6.45) is 2.18. The van der Waals surface area contributed by atoms with Gasteiger partial charge in [-0.2, -0.15) is 0 Å². The lowest BCUT2D eigenvalue weighted by atomic mass is 10.1. The van der Waals surface area contributed by atoms with Crippen molar-refractivity contribution in [1.82, 2.24) is 5.32 Å². The van der Waals surface area contributed by atoms with Crippen LogP contribution in [0.2, 0.25) is 0 Å². The number of carbonyl (C=O) groups excluding carboxylic acids is 1. The molecule has 0 unspecified atom stereocenters. The number of aliphatic hydroxyl groups is 1. The smallest absolute Gasteiger partial charge is 0.258 e. The average Bonchev–Trinajstić information content (AvgIpc) is 2.31. The van der Waals surface area contributed by atoms with Crippen LogP contribution in [0.15, 0.2) is 28.6 Å². The maximum Gasteiger partial charge on any atom is 0.258 e. The van der Waals surface area contributed by atoms with E-state index in [1.165, 1.54) is 6.08 Å². The minimum absolute atomic E-state index is 0.138. The molecule has 0 saturated carbocycles. The summed E-state index contributed by atoms with van der Waals surface area (Å²) in [5, 5.41) is 11.9. The molecule has 0 atom stereocenters. The molecule has 5 heteroatoms. The molecule has 4 nitrogen and oxygen atoms in total. The molecule has 0 fully saturated rings. The Balaban J connectivity index is 3.06. The summed E-state index contributed by atoms with van der Waals surface area (Å²) < 4.78 is 5.93. The number of ether oxygens (including phenoxy) is 1. The summed E-state index contributed by atoms with van der Waals surface area (Å²) in [7, 11) is 1.55. The van der Waals surface area contributed by atoms with Crippen LogP contribution in [-0.2, 0) is 0 Å². The maximum atomic E-state index is 12.0. The predicted molar refractivity (Wildman–Crippen MR) is 73.9 cm³/mol.